The second-order valence-electron chi connectivity index (χ2n) is 3.56. The van der Waals surface area contributed by atoms with E-state index in [0.29, 0.717) is 5.56 Å². The number of nitrogens with zero attached hydrogens (tertiary/aromatic N) is 1. The van der Waals surface area contributed by atoms with Gasteiger partial charge >= 0.3 is 0 Å². The zero-order chi connectivity index (χ0) is 11.5. The first-order valence-electron chi connectivity index (χ1n) is 4.88. The molecule has 0 amide bonds. The minimum atomic E-state index is 0.623. The number of hydrogen-bond acceptors (Lipinski definition) is 2. The highest BCUT2D eigenvalue weighted by Gasteiger charge is 2.02. The van der Waals surface area contributed by atoms with E-state index in [0.717, 1.165) is 28.1 Å². The van der Waals surface area contributed by atoms with Crippen molar-refractivity contribution in [3.63, 3.8) is 0 Å². The van der Waals surface area contributed by atoms with Gasteiger partial charge in [0.25, 0.3) is 0 Å². The zero-order valence-electron chi connectivity index (χ0n) is 8.77. The molecule has 0 unspecified atom stereocenters. The van der Waals surface area contributed by atoms with Crippen molar-refractivity contribution in [1.82, 2.24) is 4.98 Å². The minimum absolute atomic E-state index is 0.623. The van der Waals surface area contributed by atoms with Crippen LogP contribution < -0.4 is 0 Å². The van der Waals surface area contributed by atoms with Crippen molar-refractivity contribution < 1.29 is 4.79 Å². The van der Waals surface area contributed by atoms with Crippen LogP contribution >= 0.6 is 11.6 Å². The van der Waals surface area contributed by atoms with E-state index in [-0.39, 0.29) is 0 Å². The summed E-state index contributed by atoms with van der Waals surface area (Å²) in [4.78, 5) is 14.9. The molecule has 16 heavy (non-hydrogen) atoms. The molecule has 0 N–H and O–H groups in total. The molecule has 0 atom stereocenters. The fourth-order valence-corrected chi connectivity index (χ4v) is 1.60. The molecule has 1 heterocycles. The van der Waals surface area contributed by atoms with Crippen LogP contribution in [-0.2, 0) is 0 Å². The standard InChI is InChI=1S/C13H10ClNO/c1-9-6-11(2-3-12(9)14)13-7-10(8-16)4-5-15-13/h2-8H,1H3. The van der Waals surface area contributed by atoms with Crippen LogP contribution in [0.25, 0.3) is 11.3 Å². The molecule has 2 rings (SSSR count). The number of pyridine rings is 1. The van der Waals surface area contributed by atoms with Crippen LogP contribution in [0.3, 0.4) is 0 Å². The molecule has 0 bridgehead atoms. The van der Waals surface area contributed by atoms with E-state index >= 15 is 0 Å². The lowest BCUT2D eigenvalue weighted by Crippen LogP contribution is -1.87. The first-order chi connectivity index (χ1) is 7.70. The predicted molar refractivity (Wildman–Crippen MR) is 64.8 cm³/mol. The quantitative estimate of drug-likeness (QED) is 0.741. The van der Waals surface area contributed by atoms with Crippen LogP contribution in [0.4, 0.5) is 0 Å². The molecule has 0 radical (unpaired) electrons. The van der Waals surface area contributed by atoms with Gasteiger partial charge in [-0.1, -0.05) is 17.7 Å². The molecule has 0 aliphatic rings. The second-order valence-corrected chi connectivity index (χ2v) is 3.96. The van der Waals surface area contributed by atoms with Crippen LogP contribution in [0.1, 0.15) is 15.9 Å². The van der Waals surface area contributed by atoms with Gasteiger partial charge in [0.2, 0.25) is 0 Å². The summed E-state index contributed by atoms with van der Waals surface area (Å²) < 4.78 is 0. The van der Waals surface area contributed by atoms with Crippen LogP contribution in [-0.4, -0.2) is 11.3 Å². The van der Waals surface area contributed by atoms with Gasteiger partial charge in [0.1, 0.15) is 6.29 Å². The van der Waals surface area contributed by atoms with Gasteiger partial charge in [-0.05, 0) is 36.8 Å². The number of benzene rings is 1. The van der Waals surface area contributed by atoms with Gasteiger partial charge in [-0.3, -0.25) is 9.78 Å². The van der Waals surface area contributed by atoms with Crippen LogP contribution in [0.15, 0.2) is 36.5 Å². The number of aldehydes is 1. The van der Waals surface area contributed by atoms with Gasteiger partial charge in [-0.15, -0.1) is 0 Å². The average Bonchev–Trinajstić information content (AvgIpc) is 2.33. The van der Waals surface area contributed by atoms with Crippen molar-refractivity contribution in [2.45, 2.75) is 6.92 Å². The molecule has 2 nitrogen and oxygen atoms in total. The van der Waals surface area contributed by atoms with E-state index in [2.05, 4.69) is 4.98 Å². The fraction of sp³-hybridized carbons (Fsp3) is 0.0769. The molecule has 0 spiro atoms. The Morgan fingerprint density at radius 1 is 1.25 bits per heavy atom. The summed E-state index contributed by atoms with van der Waals surface area (Å²) in [5, 5.41) is 0.732. The molecule has 80 valence electrons. The van der Waals surface area contributed by atoms with Gasteiger partial charge in [0.05, 0.1) is 5.69 Å². The largest absolute Gasteiger partial charge is 0.298 e. The first-order valence-corrected chi connectivity index (χ1v) is 5.26. The van der Waals surface area contributed by atoms with Crippen molar-refractivity contribution >= 4 is 17.9 Å². The molecule has 0 saturated heterocycles. The Bertz CT molecular complexity index is 537. The van der Waals surface area contributed by atoms with Crippen LogP contribution in [0.2, 0.25) is 5.02 Å². The first kappa shape index (κ1) is 10.8. The van der Waals surface area contributed by atoms with Crippen molar-refractivity contribution in [3.8, 4) is 11.3 Å². The minimum Gasteiger partial charge on any atom is -0.298 e. The zero-order valence-corrected chi connectivity index (χ0v) is 9.53. The fourth-order valence-electron chi connectivity index (χ4n) is 1.48. The molecule has 1 aromatic carbocycles. The Morgan fingerprint density at radius 3 is 2.75 bits per heavy atom. The molecule has 0 aliphatic heterocycles. The summed E-state index contributed by atoms with van der Waals surface area (Å²) in [6, 6.07) is 9.13. The van der Waals surface area contributed by atoms with E-state index in [9.17, 15) is 4.79 Å². The van der Waals surface area contributed by atoms with E-state index in [4.69, 9.17) is 11.6 Å². The van der Waals surface area contributed by atoms with Crippen molar-refractivity contribution in [3.05, 3.63) is 52.7 Å². The Morgan fingerprint density at radius 2 is 2.06 bits per heavy atom. The number of carbonyl (C=O) groups is 1. The van der Waals surface area contributed by atoms with Crippen LogP contribution in [0.5, 0.6) is 0 Å². The maximum atomic E-state index is 10.7. The highest BCUT2D eigenvalue weighted by Crippen LogP contribution is 2.23. The maximum absolute atomic E-state index is 10.7. The maximum Gasteiger partial charge on any atom is 0.150 e. The van der Waals surface area contributed by atoms with E-state index in [1.165, 1.54) is 0 Å². The lowest BCUT2D eigenvalue weighted by molar-refractivity contribution is 0.112. The van der Waals surface area contributed by atoms with Gasteiger partial charge < -0.3 is 0 Å². The molecule has 0 saturated carbocycles. The Labute approximate surface area is 98.9 Å². The summed E-state index contributed by atoms with van der Waals surface area (Å²) in [6.07, 6.45) is 2.44. The van der Waals surface area contributed by atoms with E-state index in [1.54, 1.807) is 18.3 Å². The third-order valence-electron chi connectivity index (χ3n) is 2.37. The number of rotatable bonds is 2. The number of aromatic nitrogens is 1. The highest BCUT2D eigenvalue weighted by atomic mass is 35.5. The van der Waals surface area contributed by atoms with Crippen LogP contribution in [0, 0.1) is 6.92 Å². The van der Waals surface area contributed by atoms with Gasteiger partial charge in [0.15, 0.2) is 0 Å². The van der Waals surface area contributed by atoms with E-state index in [1.807, 2.05) is 25.1 Å². The normalized spacial score (nSPS) is 10.1. The molecule has 0 aliphatic carbocycles. The summed E-state index contributed by atoms with van der Waals surface area (Å²) in [5.41, 5.74) is 3.37. The highest BCUT2D eigenvalue weighted by molar-refractivity contribution is 6.31. The monoisotopic (exact) mass is 231 g/mol. The molecular weight excluding hydrogens is 222 g/mol. The second kappa shape index (κ2) is 4.45. The number of carbonyl (C=O) groups excluding carboxylic acids is 1. The number of aryl methyl sites for hydroxylation is 1. The topological polar surface area (TPSA) is 30.0 Å². The predicted octanol–water partition coefficient (Wildman–Crippen LogP) is 3.52. The van der Waals surface area contributed by atoms with Crippen molar-refractivity contribution in [1.29, 1.82) is 0 Å². The SMILES string of the molecule is Cc1cc(-c2cc(C=O)ccn2)ccc1Cl. The summed E-state index contributed by atoms with van der Waals surface area (Å²) in [5.74, 6) is 0. The van der Waals surface area contributed by atoms with Gasteiger partial charge in [0, 0.05) is 22.3 Å². The number of halogens is 1. The lowest BCUT2D eigenvalue weighted by atomic mass is 10.1. The Kier molecular flexibility index (Phi) is 3.02. The molecule has 3 heteroatoms. The summed E-state index contributed by atoms with van der Waals surface area (Å²) in [6.45, 7) is 1.94. The van der Waals surface area contributed by atoms with Gasteiger partial charge in [-0.25, -0.2) is 0 Å². The third-order valence-corrected chi connectivity index (χ3v) is 2.80. The Hall–Kier alpha value is -1.67. The van der Waals surface area contributed by atoms with Crippen molar-refractivity contribution in [2.24, 2.45) is 0 Å². The lowest BCUT2D eigenvalue weighted by Gasteiger charge is -2.04. The average molecular weight is 232 g/mol. The molecule has 1 aromatic heterocycles. The molecule has 0 fully saturated rings. The summed E-state index contributed by atoms with van der Waals surface area (Å²) in [7, 11) is 0. The molecular formula is C13H10ClNO. The Balaban J connectivity index is 2.49. The molecule has 2 aromatic rings. The summed E-state index contributed by atoms with van der Waals surface area (Å²) >= 11 is 5.95. The van der Waals surface area contributed by atoms with Crippen molar-refractivity contribution in [2.75, 3.05) is 0 Å². The van der Waals surface area contributed by atoms with E-state index < -0.39 is 0 Å². The number of hydrogen-bond donors (Lipinski definition) is 0. The third kappa shape index (κ3) is 2.12. The van der Waals surface area contributed by atoms with Gasteiger partial charge in [-0.2, -0.15) is 0 Å². The smallest absolute Gasteiger partial charge is 0.150 e.